The van der Waals surface area contributed by atoms with E-state index in [1.807, 2.05) is 0 Å². The van der Waals surface area contributed by atoms with Crippen molar-refractivity contribution in [1.82, 2.24) is 0 Å². The maximum atomic E-state index is 5.72. The third kappa shape index (κ3) is 2.63. The van der Waals surface area contributed by atoms with Gasteiger partial charge in [-0.3, -0.25) is 0 Å². The highest BCUT2D eigenvalue weighted by Gasteiger charge is 2.24. The molecule has 0 bridgehead atoms. The monoisotopic (exact) mass is 410 g/mol. The number of halogens is 3. The van der Waals surface area contributed by atoms with Crippen LogP contribution in [0.15, 0.2) is 25.6 Å². The molecule has 0 aromatic heterocycles. The van der Waals surface area contributed by atoms with Crippen LogP contribution >= 0.6 is 47.8 Å². The minimum Gasteiger partial charge on any atom is -0.369 e. The molecule has 2 nitrogen and oxygen atoms in total. The summed E-state index contributed by atoms with van der Waals surface area (Å²) in [5.41, 5.74) is 6.95. The van der Waals surface area contributed by atoms with E-state index in [9.17, 15) is 0 Å². The lowest BCUT2D eigenvalue weighted by atomic mass is 10.1. The zero-order valence-corrected chi connectivity index (χ0v) is 13.5. The van der Waals surface area contributed by atoms with Gasteiger partial charge in [-0.25, -0.2) is 0 Å². The maximum absolute atomic E-state index is 5.72. The van der Waals surface area contributed by atoms with Crippen molar-refractivity contribution in [3.63, 3.8) is 0 Å². The Morgan fingerprint density at radius 1 is 1.25 bits per heavy atom. The molecule has 1 heterocycles. The Balaban J connectivity index is 2.28. The molecule has 0 radical (unpaired) electrons. The first-order valence-corrected chi connectivity index (χ1v) is 7.59. The van der Waals surface area contributed by atoms with Gasteiger partial charge >= 0.3 is 0 Å². The summed E-state index contributed by atoms with van der Waals surface area (Å²) in [6.45, 7) is 2.91. The van der Waals surface area contributed by atoms with Gasteiger partial charge in [-0.2, -0.15) is 0 Å². The van der Waals surface area contributed by atoms with Crippen LogP contribution in [-0.4, -0.2) is 19.6 Å². The van der Waals surface area contributed by atoms with Gasteiger partial charge in [0.25, 0.3) is 0 Å². The first-order valence-electron chi connectivity index (χ1n) is 5.21. The Morgan fingerprint density at radius 3 is 2.38 bits per heavy atom. The fraction of sp³-hybridized carbons (Fsp3) is 0.455. The number of nitrogens with two attached hydrogens (primary N) is 1. The van der Waals surface area contributed by atoms with Crippen LogP contribution < -0.4 is 10.6 Å². The molecular formula is C11H13Br3N2. The molecule has 0 aliphatic carbocycles. The van der Waals surface area contributed by atoms with E-state index in [0.717, 1.165) is 33.1 Å². The summed E-state index contributed by atoms with van der Waals surface area (Å²) < 4.78 is 3.31. The van der Waals surface area contributed by atoms with Gasteiger partial charge in [0.1, 0.15) is 0 Å². The van der Waals surface area contributed by atoms with E-state index in [-0.39, 0.29) is 0 Å². The average Bonchev–Trinajstić information content (AvgIpc) is 2.64. The number of benzene rings is 1. The number of anilines is 1. The van der Waals surface area contributed by atoms with E-state index < -0.39 is 0 Å². The van der Waals surface area contributed by atoms with Crippen LogP contribution in [-0.2, 0) is 0 Å². The molecule has 1 aliphatic rings. The summed E-state index contributed by atoms with van der Waals surface area (Å²) in [4.78, 5) is 2.39. The van der Waals surface area contributed by atoms with E-state index in [1.165, 1.54) is 12.1 Å². The molecule has 88 valence electrons. The van der Waals surface area contributed by atoms with E-state index in [4.69, 9.17) is 5.73 Å². The van der Waals surface area contributed by atoms with Gasteiger partial charge in [0, 0.05) is 26.5 Å². The van der Waals surface area contributed by atoms with Gasteiger partial charge < -0.3 is 10.6 Å². The van der Waals surface area contributed by atoms with Crippen molar-refractivity contribution in [3.05, 3.63) is 25.6 Å². The summed E-state index contributed by atoms with van der Waals surface area (Å²) in [6.07, 6.45) is 1.19. The van der Waals surface area contributed by atoms with Crippen molar-refractivity contribution in [2.75, 3.05) is 24.5 Å². The van der Waals surface area contributed by atoms with Crippen LogP contribution in [0.4, 0.5) is 5.69 Å². The smallest absolute Gasteiger partial charge is 0.0655 e. The van der Waals surface area contributed by atoms with Crippen molar-refractivity contribution >= 4 is 53.5 Å². The largest absolute Gasteiger partial charge is 0.369 e. The highest BCUT2D eigenvalue weighted by atomic mass is 79.9. The molecule has 0 spiro atoms. The zero-order chi connectivity index (χ0) is 11.7. The second-order valence-electron chi connectivity index (χ2n) is 4.05. The van der Waals surface area contributed by atoms with E-state index in [2.05, 4.69) is 64.8 Å². The molecule has 1 atom stereocenters. The standard InChI is InChI=1S/C11H13Br3N2/c12-8-3-9(13)11(10(14)4-8)16-2-1-7(5-15)6-16/h3-4,7H,1-2,5-6,15H2. The molecule has 1 unspecified atom stereocenters. The SMILES string of the molecule is NCC1CCN(c2c(Br)cc(Br)cc2Br)C1. The zero-order valence-electron chi connectivity index (χ0n) is 8.72. The molecule has 16 heavy (non-hydrogen) atoms. The normalized spacial score (nSPS) is 20.5. The summed E-state index contributed by atoms with van der Waals surface area (Å²) >= 11 is 10.7. The van der Waals surface area contributed by atoms with Crippen LogP contribution in [0.5, 0.6) is 0 Å². The minimum absolute atomic E-state index is 0.627. The van der Waals surface area contributed by atoms with Crippen molar-refractivity contribution in [3.8, 4) is 0 Å². The third-order valence-corrected chi connectivity index (χ3v) is 4.58. The highest BCUT2D eigenvalue weighted by molar-refractivity contribution is 9.11. The lowest BCUT2D eigenvalue weighted by molar-refractivity contribution is 0.602. The lowest BCUT2D eigenvalue weighted by Gasteiger charge is -2.22. The first-order chi connectivity index (χ1) is 7.61. The van der Waals surface area contributed by atoms with Gasteiger partial charge in [0.05, 0.1) is 5.69 Å². The molecule has 1 fully saturated rings. The number of hydrogen-bond acceptors (Lipinski definition) is 2. The summed E-state index contributed by atoms with van der Waals surface area (Å²) in [5.74, 6) is 0.627. The molecular weight excluding hydrogens is 400 g/mol. The molecule has 0 saturated carbocycles. The Bertz CT molecular complexity index is 372. The van der Waals surface area contributed by atoms with Gasteiger partial charge in [-0.1, -0.05) is 15.9 Å². The molecule has 1 aliphatic heterocycles. The summed E-state index contributed by atoms with van der Waals surface area (Å²) in [6, 6.07) is 4.16. The number of rotatable bonds is 2. The molecule has 2 N–H and O–H groups in total. The second kappa shape index (κ2) is 5.38. The van der Waals surface area contributed by atoms with Crippen LogP contribution in [0.25, 0.3) is 0 Å². The average molecular weight is 413 g/mol. The third-order valence-electron chi connectivity index (χ3n) is 2.92. The highest BCUT2D eigenvalue weighted by Crippen LogP contribution is 2.39. The summed E-state index contributed by atoms with van der Waals surface area (Å²) in [7, 11) is 0. The molecule has 1 saturated heterocycles. The minimum atomic E-state index is 0.627. The predicted octanol–water partition coefficient (Wildman–Crippen LogP) is 3.76. The summed E-state index contributed by atoms with van der Waals surface area (Å²) in [5, 5.41) is 0. The van der Waals surface area contributed by atoms with E-state index in [1.54, 1.807) is 0 Å². The fourth-order valence-electron chi connectivity index (χ4n) is 2.06. The second-order valence-corrected chi connectivity index (χ2v) is 6.68. The van der Waals surface area contributed by atoms with Crippen molar-refractivity contribution in [2.24, 2.45) is 11.7 Å². The number of hydrogen-bond donors (Lipinski definition) is 1. The predicted molar refractivity (Wildman–Crippen MR) is 78.9 cm³/mol. The fourth-order valence-corrected chi connectivity index (χ4v) is 4.83. The van der Waals surface area contributed by atoms with Crippen molar-refractivity contribution in [2.45, 2.75) is 6.42 Å². The van der Waals surface area contributed by atoms with Crippen LogP contribution in [0.2, 0.25) is 0 Å². The molecule has 5 heteroatoms. The quantitative estimate of drug-likeness (QED) is 0.801. The van der Waals surface area contributed by atoms with Crippen LogP contribution in [0.3, 0.4) is 0 Å². The molecule has 0 amide bonds. The Morgan fingerprint density at radius 2 is 1.88 bits per heavy atom. The van der Waals surface area contributed by atoms with Gasteiger partial charge in [0.15, 0.2) is 0 Å². The van der Waals surface area contributed by atoms with Gasteiger partial charge in [0.2, 0.25) is 0 Å². The van der Waals surface area contributed by atoms with E-state index in [0.29, 0.717) is 5.92 Å². The van der Waals surface area contributed by atoms with Gasteiger partial charge in [-0.15, -0.1) is 0 Å². The molecule has 2 rings (SSSR count). The van der Waals surface area contributed by atoms with Crippen molar-refractivity contribution in [1.29, 1.82) is 0 Å². The first kappa shape index (κ1) is 12.9. The Hall–Kier alpha value is 0.420. The maximum Gasteiger partial charge on any atom is 0.0655 e. The topological polar surface area (TPSA) is 29.3 Å². The molecule has 1 aromatic carbocycles. The molecule has 1 aromatic rings. The lowest BCUT2D eigenvalue weighted by Crippen LogP contribution is -2.23. The van der Waals surface area contributed by atoms with Crippen LogP contribution in [0, 0.1) is 5.92 Å². The Labute approximate surface area is 121 Å². The van der Waals surface area contributed by atoms with Crippen LogP contribution in [0.1, 0.15) is 6.42 Å². The van der Waals surface area contributed by atoms with E-state index >= 15 is 0 Å². The van der Waals surface area contributed by atoms with Crippen molar-refractivity contribution < 1.29 is 0 Å². The Kier molecular flexibility index (Phi) is 4.32. The number of nitrogens with zero attached hydrogens (tertiary/aromatic N) is 1. The van der Waals surface area contributed by atoms with Gasteiger partial charge in [-0.05, 0) is 62.9 Å².